The number of hydrogen-bond donors (Lipinski definition) is 2. The Labute approximate surface area is 168 Å². The van der Waals surface area contributed by atoms with Crippen molar-refractivity contribution in [2.75, 3.05) is 25.6 Å². The van der Waals surface area contributed by atoms with Crippen molar-refractivity contribution in [1.29, 1.82) is 0 Å². The highest BCUT2D eigenvalue weighted by Crippen LogP contribution is 2.29. The lowest BCUT2D eigenvalue weighted by Crippen LogP contribution is -2.26. The zero-order valence-electron chi connectivity index (χ0n) is 16.3. The molecular weight excluding hydrogens is 378 g/mol. The molecule has 0 atom stereocenters. The van der Waals surface area contributed by atoms with Gasteiger partial charge in [0.25, 0.3) is 11.6 Å². The van der Waals surface area contributed by atoms with Crippen molar-refractivity contribution in [3.05, 3.63) is 58.1 Å². The third-order valence-corrected chi connectivity index (χ3v) is 3.97. The minimum atomic E-state index is -0.551. The molecule has 154 valence electrons. The summed E-state index contributed by atoms with van der Waals surface area (Å²) >= 11 is 0. The zero-order valence-corrected chi connectivity index (χ0v) is 16.3. The van der Waals surface area contributed by atoms with Crippen LogP contribution < -0.4 is 20.1 Å². The summed E-state index contributed by atoms with van der Waals surface area (Å²) in [5, 5.41) is 16.3. The van der Waals surface area contributed by atoms with Crippen LogP contribution in [0.4, 0.5) is 11.4 Å². The average Bonchev–Trinajstić information content (AvgIpc) is 2.71. The molecule has 29 heavy (non-hydrogen) atoms. The molecule has 0 aromatic heterocycles. The Morgan fingerprint density at radius 1 is 1.14 bits per heavy atom. The molecule has 0 aliphatic carbocycles. The predicted molar refractivity (Wildman–Crippen MR) is 107 cm³/mol. The van der Waals surface area contributed by atoms with E-state index in [9.17, 15) is 19.7 Å². The quantitative estimate of drug-likeness (QED) is 0.358. The number of para-hydroxylation sites is 1. The number of nitrogens with one attached hydrogen (secondary N) is 2. The number of rotatable bonds is 10. The van der Waals surface area contributed by atoms with Gasteiger partial charge in [-0.1, -0.05) is 12.1 Å². The standard InChI is InChI=1S/C20H23N3O6/c1-3-29-17-8-5-4-7-15(17)20(25)21-12-6-9-19(24)22-16-13-14(23(26)27)10-11-18(16)28-2/h4-5,7-8,10-11,13H,3,6,9,12H2,1-2H3,(H,21,25)(H,22,24). The maximum Gasteiger partial charge on any atom is 0.271 e. The van der Waals surface area contributed by atoms with Crippen LogP contribution in [0, 0.1) is 10.1 Å². The highest BCUT2D eigenvalue weighted by molar-refractivity contribution is 5.97. The van der Waals surface area contributed by atoms with Gasteiger partial charge < -0.3 is 20.1 Å². The van der Waals surface area contributed by atoms with Crippen LogP contribution in [0.5, 0.6) is 11.5 Å². The smallest absolute Gasteiger partial charge is 0.271 e. The first-order valence-electron chi connectivity index (χ1n) is 9.08. The van der Waals surface area contributed by atoms with E-state index in [1.54, 1.807) is 24.3 Å². The molecule has 0 spiro atoms. The van der Waals surface area contributed by atoms with E-state index in [4.69, 9.17) is 9.47 Å². The Balaban J connectivity index is 1.86. The number of methoxy groups -OCH3 is 1. The predicted octanol–water partition coefficient (Wildman–Crippen LogP) is 3.15. The maximum absolute atomic E-state index is 12.3. The van der Waals surface area contributed by atoms with Gasteiger partial charge in [-0.15, -0.1) is 0 Å². The molecule has 0 bridgehead atoms. The number of ether oxygens (including phenoxy) is 2. The summed E-state index contributed by atoms with van der Waals surface area (Å²) in [5.74, 6) is 0.204. The van der Waals surface area contributed by atoms with Crippen LogP contribution in [0.25, 0.3) is 0 Å². The van der Waals surface area contributed by atoms with Crippen LogP contribution in [0.3, 0.4) is 0 Å². The van der Waals surface area contributed by atoms with Gasteiger partial charge in [0.05, 0.1) is 29.9 Å². The monoisotopic (exact) mass is 401 g/mol. The number of nitrogens with zero attached hydrogens (tertiary/aromatic N) is 1. The fourth-order valence-corrected chi connectivity index (χ4v) is 2.60. The van der Waals surface area contributed by atoms with Gasteiger partial charge in [0.15, 0.2) is 0 Å². The van der Waals surface area contributed by atoms with Crippen LogP contribution in [-0.4, -0.2) is 37.0 Å². The number of nitro benzene ring substituents is 1. The largest absolute Gasteiger partial charge is 0.495 e. The number of non-ortho nitro benzene ring substituents is 1. The average molecular weight is 401 g/mol. The fourth-order valence-electron chi connectivity index (χ4n) is 2.60. The van der Waals surface area contributed by atoms with E-state index in [0.717, 1.165) is 0 Å². The minimum absolute atomic E-state index is 0.124. The van der Waals surface area contributed by atoms with Gasteiger partial charge in [-0.05, 0) is 31.5 Å². The molecule has 9 nitrogen and oxygen atoms in total. The Hall–Kier alpha value is -3.62. The van der Waals surface area contributed by atoms with Gasteiger partial charge in [0, 0.05) is 25.1 Å². The second-order valence-electron chi connectivity index (χ2n) is 5.98. The van der Waals surface area contributed by atoms with Crippen molar-refractivity contribution in [1.82, 2.24) is 5.32 Å². The van der Waals surface area contributed by atoms with Gasteiger partial charge in [0.1, 0.15) is 11.5 Å². The van der Waals surface area contributed by atoms with Crippen molar-refractivity contribution in [3.63, 3.8) is 0 Å². The van der Waals surface area contributed by atoms with Gasteiger partial charge in [-0.2, -0.15) is 0 Å². The first-order valence-corrected chi connectivity index (χ1v) is 9.08. The van der Waals surface area contributed by atoms with Crippen LogP contribution in [0.15, 0.2) is 42.5 Å². The molecule has 0 saturated carbocycles. The summed E-state index contributed by atoms with van der Waals surface area (Å²) < 4.78 is 10.5. The van der Waals surface area contributed by atoms with Gasteiger partial charge >= 0.3 is 0 Å². The van der Waals surface area contributed by atoms with Crippen molar-refractivity contribution in [3.8, 4) is 11.5 Å². The van der Waals surface area contributed by atoms with Crippen LogP contribution in [0.1, 0.15) is 30.1 Å². The van der Waals surface area contributed by atoms with Gasteiger partial charge in [0.2, 0.25) is 5.91 Å². The van der Waals surface area contributed by atoms with E-state index in [0.29, 0.717) is 36.6 Å². The number of amides is 2. The molecule has 2 N–H and O–H groups in total. The first-order chi connectivity index (χ1) is 14.0. The number of anilines is 1. The van der Waals surface area contributed by atoms with Crippen LogP contribution >= 0.6 is 0 Å². The molecule has 2 amide bonds. The molecule has 0 aliphatic rings. The van der Waals surface area contributed by atoms with Crippen LogP contribution in [-0.2, 0) is 4.79 Å². The summed E-state index contributed by atoms with van der Waals surface area (Å²) in [4.78, 5) is 34.8. The minimum Gasteiger partial charge on any atom is -0.495 e. The molecule has 2 rings (SSSR count). The summed E-state index contributed by atoms with van der Waals surface area (Å²) in [6, 6.07) is 10.9. The number of carbonyl (C=O) groups is 2. The molecule has 2 aromatic rings. The van der Waals surface area contributed by atoms with E-state index >= 15 is 0 Å². The second-order valence-corrected chi connectivity index (χ2v) is 5.98. The van der Waals surface area contributed by atoms with E-state index in [1.807, 2.05) is 6.92 Å². The Morgan fingerprint density at radius 3 is 2.59 bits per heavy atom. The molecule has 0 unspecified atom stereocenters. The van der Waals surface area contributed by atoms with Crippen molar-refractivity contribution in [2.24, 2.45) is 0 Å². The molecule has 9 heteroatoms. The van der Waals surface area contributed by atoms with Crippen molar-refractivity contribution in [2.45, 2.75) is 19.8 Å². The SMILES string of the molecule is CCOc1ccccc1C(=O)NCCCC(=O)Nc1cc([N+](=O)[O-])ccc1OC. The zero-order chi connectivity index (χ0) is 21.2. The molecule has 0 heterocycles. The van der Waals surface area contributed by atoms with Crippen molar-refractivity contribution >= 4 is 23.2 Å². The van der Waals surface area contributed by atoms with Gasteiger partial charge in [-0.3, -0.25) is 19.7 Å². The highest BCUT2D eigenvalue weighted by atomic mass is 16.6. The normalized spacial score (nSPS) is 10.1. The fraction of sp³-hybridized carbons (Fsp3) is 0.300. The number of nitro groups is 1. The summed E-state index contributed by atoms with van der Waals surface area (Å²) in [5.41, 5.74) is 0.503. The number of carbonyl (C=O) groups excluding carboxylic acids is 2. The lowest BCUT2D eigenvalue weighted by atomic mass is 10.2. The second kappa shape index (κ2) is 10.6. The van der Waals surface area contributed by atoms with Crippen LogP contribution in [0.2, 0.25) is 0 Å². The topological polar surface area (TPSA) is 120 Å². The molecular formula is C20H23N3O6. The lowest BCUT2D eigenvalue weighted by molar-refractivity contribution is -0.384. The van der Waals surface area contributed by atoms with E-state index in [1.165, 1.54) is 25.3 Å². The maximum atomic E-state index is 12.3. The Morgan fingerprint density at radius 2 is 1.90 bits per heavy atom. The third kappa shape index (κ3) is 6.20. The lowest BCUT2D eigenvalue weighted by Gasteiger charge is -2.11. The number of benzene rings is 2. The molecule has 0 saturated heterocycles. The van der Waals surface area contributed by atoms with E-state index in [-0.39, 0.29) is 29.6 Å². The molecule has 0 radical (unpaired) electrons. The molecule has 0 aliphatic heterocycles. The number of hydrogen-bond acceptors (Lipinski definition) is 6. The Bertz CT molecular complexity index is 884. The highest BCUT2D eigenvalue weighted by Gasteiger charge is 2.14. The summed E-state index contributed by atoms with van der Waals surface area (Å²) in [7, 11) is 1.41. The Kier molecular flexibility index (Phi) is 7.96. The first kappa shape index (κ1) is 21.7. The summed E-state index contributed by atoms with van der Waals surface area (Å²) in [6.07, 6.45) is 0.519. The van der Waals surface area contributed by atoms with E-state index < -0.39 is 4.92 Å². The summed E-state index contributed by atoms with van der Waals surface area (Å²) in [6.45, 7) is 2.58. The molecule has 2 aromatic carbocycles. The van der Waals surface area contributed by atoms with Crippen molar-refractivity contribution < 1.29 is 24.0 Å². The molecule has 0 fully saturated rings. The third-order valence-electron chi connectivity index (χ3n) is 3.97. The van der Waals surface area contributed by atoms with Gasteiger partial charge in [-0.25, -0.2) is 0 Å². The van der Waals surface area contributed by atoms with E-state index in [2.05, 4.69) is 10.6 Å².